The molecule has 2 aromatic carbocycles. The lowest BCUT2D eigenvalue weighted by atomic mass is 9.99. The number of nitriles is 1. The van der Waals surface area contributed by atoms with Crippen LogP contribution in [0.4, 0.5) is 8.78 Å². The predicted octanol–water partition coefficient (Wildman–Crippen LogP) is 5.59. The molecule has 0 atom stereocenters. The minimum Gasteiger partial charge on any atom is -0.207 e. The van der Waals surface area contributed by atoms with E-state index in [1.807, 2.05) is 25.1 Å². The van der Waals surface area contributed by atoms with Gasteiger partial charge in [-0.05, 0) is 43.0 Å². The Labute approximate surface area is 135 Å². The van der Waals surface area contributed by atoms with Crippen LogP contribution in [0.2, 0.25) is 0 Å². The summed E-state index contributed by atoms with van der Waals surface area (Å²) in [6.07, 6.45) is 4.28. The maximum absolute atomic E-state index is 13.8. The third-order valence-corrected chi connectivity index (χ3v) is 3.74. The molecule has 3 heteroatoms. The Balaban J connectivity index is 2.07. The molecule has 0 spiro atoms. The van der Waals surface area contributed by atoms with E-state index in [0.29, 0.717) is 29.5 Å². The van der Waals surface area contributed by atoms with Crippen LogP contribution in [0.3, 0.4) is 0 Å². The van der Waals surface area contributed by atoms with Crippen molar-refractivity contribution in [2.45, 2.75) is 32.6 Å². The van der Waals surface area contributed by atoms with Gasteiger partial charge in [-0.1, -0.05) is 43.7 Å². The monoisotopic (exact) mass is 311 g/mol. The molecule has 118 valence electrons. The highest BCUT2D eigenvalue weighted by molar-refractivity contribution is 5.59. The molecule has 0 bridgehead atoms. The van der Waals surface area contributed by atoms with Gasteiger partial charge >= 0.3 is 0 Å². The summed E-state index contributed by atoms with van der Waals surface area (Å²) in [5.74, 6) is -0.562. The Bertz CT molecular complexity index is 724. The van der Waals surface area contributed by atoms with Gasteiger partial charge in [-0.2, -0.15) is 5.26 Å². The first-order valence-corrected chi connectivity index (χ1v) is 7.78. The molecule has 23 heavy (non-hydrogen) atoms. The van der Waals surface area contributed by atoms with Crippen LogP contribution in [-0.2, 0) is 12.8 Å². The second-order valence-corrected chi connectivity index (χ2v) is 5.42. The molecule has 0 aliphatic rings. The lowest BCUT2D eigenvalue weighted by molar-refractivity contribution is 0.608. The molecule has 2 aromatic rings. The quantitative estimate of drug-likeness (QED) is 0.682. The van der Waals surface area contributed by atoms with Crippen LogP contribution in [0.5, 0.6) is 0 Å². The van der Waals surface area contributed by atoms with Crippen LogP contribution in [0.25, 0.3) is 5.83 Å². The summed E-state index contributed by atoms with van der Waals surface area (Å²) in [6, 6.07) is 13.7. The second kappa shape index (κ2) is 8.24. The van der Waals surface area contributed by atoms with Crippen LogP contribution in [0, 0.1) is 17.1 Å². The van der Waals surface area contributed by atoms with Crippen molar-refractivity contribution in [3.8, 4) is 6.07 Å². The fourth-order valence-electron chi connectivity index (χ4n) is 2.41. The molecule has 0 aromatic heterocycles. The van der Waals surface area contributed by atoms with Crippen molar-refractivity contribution in [3.63, 3.8) is 0 Å². The molecule has 1 nitrogen and oxygen atoms in total. The lowest BCUT2D eigenvalue weighted by Crippen LogP contribution is -1.98. The highest BCUT2D eigenvalue weighted by atomic mass is 19.1. The summed E-state index contributed by atoms with van der Waals surface area (Å²) < 4.78 is 27.7. The SMILES string of the molecule is CCC/C=C(/F)c1ccc(CCc2c(F)cccc2C#N)cc1. The molecule has 0 radical (unpaired) electrons. The van der Waals surface area contributed by atoms with Crippen molar-refractivity contribution < 1.29 is 8.78 Å². The van der Waals surface area contributed by atoms with Crippen molar-refractivity contribution >= 4 is 5.83 Å². The van der Waals surface area contributed by atoms with E-state index in [9.17, 15) is 8.78 Å². The van der Waals surface area contributed by atoms with E-state index in [-0.39, 0.29) is 11.6 Å². The van der Waals surface area contributed by atoms with Gasteiger partial charge in [-0.15, -0.1) is 0 Å². The average molecular weight is 311 g/mol. The van der Waals surface area contributed by atoms with E-state index in [1.165, 1.54) is 12.1 Å². The molecule has 0 amide bonds. The van der Waals surface area contributed by atoms with Crippen LogP contribution in [0.1, 0.15) is 42.0 Å². The zero-order valence-corrected chi connectivity index (χ0v) is 13.2. The van der Waals surface area contributed by atoms with E-state index in [0.717, 1.165) is 18.4 Å². The average Bonchev–Trinajstić information content (AvgIpc) is 2.58. The minimum atomic E-state index is -0.353. The van der Waals surface area contributed by atoms with Crippen molar-refractivity contribution in [3.05, 3.63) is 76.6 Å². The Morgan fingerprint density at radius 2 is 1.87 bits per heavy atom. The van der Waals surface area contributed by atoms with E-state index in [4.69, 9.17) is 5.26 Å². The summed E-state index contributed by atoms with van der Waals surface area (Å²) >= 11 is 0. The minimum absolute atomic E-state index is 0.209. The van der Waals surface area contributed by atoms with Gasteiger partial charge in [0.25, 0.3) is 0 Å². The van der Waals surface area contributed by atoms with E-state index in [2.05, 4.69) is 0 Å². The number of hydrogen-bond donors (Lipinski definition) is 0. The number of nitrogens with zero attached hydrogens (tertiary/aromatic N) is 1. The zero-order valence-electron chi connectivity index (χ0n) is 13.2. The van der Waals surface area contributed by atoms with Crippen LogP contribution >= 0.6 is 0 Å². The van der Waals surface area contributed by atoms with Gasteiger partial charge in [-0.3, -0.25) is 0 Å². The fraction of sp³-hybridized carbons (Fsp3) is 0.250. The zero-order chi connectivity index (χ0) is 16.7. The summed E-state index contributed by atoms with van der Waals surface area (Å²) in [5, 5.41) is 9.04. The van der Waals surface area contributed by atoms with Crippen molar-refractivity contribution in [1.82, 2.24) is 0 Å². The number of rotatable bonds is 6. The van der Waals surface area contributed by atoms with E-state index in [1.54, 1.807) is 24.3 Å². The number of hydrogen-bond acceptors (Lipinski definition) is 1. The molecule has 0 N–H and O–H groups in total. The van der Waals surface area contributed by atoms with Gasteiger partial charge in [0.05, 0.1) is 11.6 Å². The standard InChI is InChI=1S/C20H19F2N/c1-2-3-6-19(21)16-11-8-15(9-12-16)10-13-18-17(14-23)5-4-7-20(18)22/h4-9,11-12H,2-3,10,13H2,1H3/b19-6+. The highest BCUT2D eigenvalue weighted by Crippen LogP contribution is 2.20. The maximum atomic E-state index is 13.8. The third-order valence-electron chi connectivity index (χ3n) is 3.74. The molecule has 0 saturated heterocycles. The Morgan fingerprint density at radius 1 is 1.13 bits per heavy atom. The molecule has 2 rings (SSSR count). The summed E-state index contributed by atoms with van der Waals surface area (Å²) in [7, 11) is 0. The van der Waals surface area contributed by atoms with Crippen molar-refractivity contribution in [2.24, 2.45) is 0 Å². The van der Waals surface area contributed by atoms with Crippen LogP contribution < -0.4 is 0 Å². The Kier molecular flexibility index (Phi) is 6.05. The summed E-state index contributed by atoms with van der Waals surface area (Å²) in [4.78, 5) is 0. The number of unbranched alkanes of at least 4 members (excludes halogenated alkanes) is 1. The van der Waals surface area contributed by atoms with Gasteiger partial charge in [0.2, 0.25) is 0 Å². The predicted molar refractivity (Wildman–Crippen MR) is 89.0 cm³/mol. The highest BCUT2D eigenvalue weighted by Gasteiger charge is 2.08. The molecule has 0 saturated carbocycles. The molecular weight excluding hydrogens is 292 g/mol. The lowest BCUT2D eigenvalue weighted by Gasteiger charge is -2.06. The Morgan fingerprint density at radius 3 is 2.52 bits per heavy atom. The fourth-order valence-corrected chi connectivity index (χ4v) is 2.41. The first-order chi connectivity index (χ1) is 11.2. The number of allylic oxidation sites excluding steroid dienone is 1. The molecule has 0 aliphatic heterocycles. The number of aryl methyl sites for hydroxylation is 1. The summed E-state index contributed by atoms with van der Waals surface area (Å²) in [5.41, 5.74) is 2.36. The third kappa shape index (κ3) is 4.50. The molecule has 0 unspecified atom stereocenters. The van der Waals surface area contributed by atoms with Gasteiger partial charge in [-0.25, -0.2) is 8.78 Å². The summed E-state index contributed by atoms with van der Waals surface area (Å²) in [6.45, 7) is 2.01. The van der Waals surface area contributed by atoms with Gasteiger partial charge in [0.15, 0.2) is 0 Å². The van der Waals surface area contributed by atoms with Gasteiger partial charge in [0.1, 0.15) is 11.6 Å². The number of halogens is 2. The molecular formula is C20H19F2N. The second-order valence-electron chi connectivity index (χ2n) is 5.42. The van der Waals surface area contributed by atoms with E-state index >= 15 is 0 Å². The van der Waals surface area contributed by atoms with Gasteiger partial charge in [0, 0.05) is 11.1 Å². The topological polar surface area (TPSA) is 23.8 Å². The van der Waals surface area contributed by atoms with Crippen molar-refractivity contribution in [1.29, 1.82) is 5.26 Å². The number of benzene rings is 2. The first kappa shape index (κ1) is 16.9. The van der Waals surface area contributed by atoms with Crippen LogP contribution in [-0.4, -0.2) is 0 Å². The van der Waals surface area contributed by atoms with Crippen LogP contribution in [0.15, 0.2) is 48.5 Å². The smallest absolute Gasteiger partial charge is 0.127 e. The van der Waals surface area contributed by atoms with Gasteiger partial charge < -0.3 is 0 Å². The largest absolute Gasteiger partial charge is 0.207 e. The normalized spacial score (nSPS) is 11.3. The van der Waals surface area contributed by atoms with E-state index < -0.39 is 0 Å². The molecule has 0 fully saturated rings. The Hall–Kier alpha value is -2.47. The molecule has 0 aliphatic carbocycles. The van der Waals surface area contributed by atoms with Crippen molar-refractivity contribution in [2.75, 3.05) is 0 Å². The first-order valence-electron chi connectivity index (χ1n) is 7.78. The molecule has 0 heterocycles. The maximum Gasteiger partial charge on any atom is 0.127 e.